The van der Waals surface area contributed by atoms with Crippen molar-refractivity contribution >= 4 is 5.82 Å². The van der Waals surface area contributed by atoms with Crippen LogP contribution in [0, 0.1) is 6.57 Å². The predicted octanol–water partition coefficient (Wildman–Crippen LogP) is 3.71. The highest BCUT2D eigenvalue weighted by Gasteiger charge is 2.08. The zero-order chi connectivity index (χ0) is 17.5. The van der Waals surface area contributed by atoms with Crippen LogP contribution in [0.2, 0.25) is 0 Å². The zero-order valence-corrected chi connectivity index (χ0v) is 13.6. The minimum Gasteiger partial charge on any atom is -0.387 e. The van der Waals surface area contributed by atoms with Gasteiger partial charge in [-0.05, 0) is 5.56 Å². The Labute approximate surface area is 146 Å². The van der Waals surface area contributed by atoms with Crippen LogP contribution in [0.3, 0.4) is 0 Å². The molecule has 0 amide bonds. The standard InChI is InChI=1S/C20H18N4O/c1-21-12-15-7-9-16(10-8-15)18-11-20(24-14-23-18)22-13-19(25)17-5-3-2-4-6-17/h2-11,14,19,25H,12-13H2,(H,22,23,24)/t19-/m0/s1. The number of aliphatic hydroxyl groups is 1. The van der Waals surface area contributed by atoms with E-state index in [4.69, 9.17) is 6.57 Å². The van der Waals surface area contributed by atoms with Crippen LogP contribution < -0.4 is 5.32 Å². The van der Waals surface area contributed by atoms with Crippen LogP contribution in [0.15, 0.2) is 67.0 Å². The van der Waals surface area contributed by atoms with E-state index in [-0.39, 0.29) is 0 Å². The Balaban J connectivity index is 1.68. The van der Waals surface area contributed by atoms with E-state index in [1.807, 2.05) is 60.7 Å². The summed E-state index contributed by atoms with van der Waals surface area (Å²) in [5, 5.41) is 13.4. The summed E-state index contributed by atoms with van der Waals surface area (Å²) in [5.74, 6) is 0.658. The van der Waals surface area contributed by atoms with Crippen LogP contribution in [-0.4, -0.2) is 21.6 Å². The molecule has 5 nitrogen and oxygen atoms in total. The number of hydrogen-bond acceptors (Lipinski definition) is 4. The van der Waals surface area contributed by atoms with Crippen LogP contribution in [0.4, 0.5) is 5.82 Å². The highest BCUT2D eigenvalue weighted by molar-refractivity contribution is 5.62. The molecule has 0 aliphatic heterocycles. The lowest BCUT2D eigenvalue weighted by molar-refractivity contribution is 0.191. The second-order valence-corrected chi connectivity index (χ2v) is 5.61. The van der Waals surface area contributed by atoms with Gasteiger partial charge in [0.2, 0.25) is 6.54 Å². The minimum atomic E-state index is -0.604. The first-order valence-corrected chi connectivity index (χ1v) is 7.98. The lowest BCUT2D eigenvalue weighted by Crippen LogP contribution is -2.13. The molecule has 0 aliphatic carbocycles. The van der Waals surface area contributed by atoms with Gasteiger partial charge in [0, 0.05) is 23.7 Å². The van der Waals surface area contributed by atoms with Gasteiger partial charge in [-0.25, -0.2) is 16.5 Å². The van der Waals surface area contributed by atoms with Crippen LogP contribution in [0.5, 0.6) is 0 Å². The highest BCUT2D eigenvalue weighted by Crippen LogP contribution is 2.20. The Morgan fingerprint density at radius 2 is 1.80 bits per heavy atom. The third kappa shape index (κ3) is 4.40. The molecule has 0 aliphatic rings. The fourth-order valence-corrected chi connectivity index (χ4v) is 2.48. The number of rotatable bonds is 6. The molecule has 0 unspecified atom stereocenters. The summed E-state index contributed by atoms with van der Waals surface area (Å²) in [7, 11) is 0. The van der Waals surface area contributed by atoms with Crippen molar-refractivity contribution in [1.29, 1.82) is 0 Å². The van der Waals surface area contributed by atoms with Crippen molar-refractivity contribution in [3.8, 4) is 11.3 Å². The Morgan fingerprint density at radius 1 is 1.04 bits per heavy atom. The van der Waals surface area contributed by atoms with E-state index in [9.17, 15) is 5.11 Å². The van der Waals surface area contributed by atoms with Crippen LogP contribution in [-0.2, 0) is 6.54 Å². The van der Waals surface area contributed by atoms with Gasteiger partial charge in [0.25, 0.3) is 0 Å². The lowest BCUT2D eigenvalue weighted by Gasteiger charge is -2.13. The molecule has 0 radical (unpaired) electrons. The molecule has 3 aromatic rings. The largest absolute Gasteiger partial charge is 0.387 e. The molecule has 124 valence electrons. The van der Waals surface area contributed by atoms with Gasteiger partial charge in [0.15, 0.2) is 0 Å². The van der Waals surface area contributed by atoms with Crippen molar-refractivity contribution in [2.45, 2.75) is 12.6 Å². The predicted molar refractivity (Wildman–Crippen MR) is 97.7 cm³/mol. The van der Waals surface area contributed by atoms with Crippen LogP contribution >= 0.6 is 0 Å². The maximum atomic E-state index is 10.2. The molecule has 2 N–H and O–H groups in total. The molecule has 1 heterocycles. The summed E-state index contributed by atoms with van der Waals surface area (Å²) in [4.78, 5) is 11.9. The molecule has 1 atom stereocenters. The Hall–Kier alpha value is -3.23. The molecule has 3 rings (SSSR count). The van der Waals surface area contributed by atoms with Gasteiger partial charge in [-0.1, -0.05) is 54.6 Å². The maximum absolute atomic E-state index is 10.2. The minimum absolute atomic E-state index is 0.365. The van der Waals surface area contributed by atoms with Crippen LogP contribution in [0.25, 0.3) is 16.1 Å². The van der Waals surface area contributed by atoms with Gasteiger partial charge >= 0.3 is 0 Å². The summed E-state index contributed by atoms with van der Waals surface area (Å²) in [6.07, 6.45) is 0.895. The third-order valence-electron chi connectivity index (χ3n) is 3.84. The smallest absolute Gasteiger partial charge is 0.239 e. The number of hydrogen-bond donors (Lipinski definition) is 2. The second kappa shape index (κ2) is 8.04. The number of aliphatic hydroxyl groups excluding tert-OH is 1. The molecule has 25 heavy (non-hydrogen) atoms. The molecule has 0 spiro atoms. The fraction of sp³-hybridized carbons (Fsp3) is 0.150. The van der Waals surface area contributed by atoms with Gasteiger partial charge in [-0.15, -0.1) is 0 Å². The highest BCUT2D eigenvalue weighted by atomic mass is 16.3. The van der Waals surface area contributed by atoms with Gasteiger partial charge < -0.3 is 15.3 Å². The Kier molecular flexibility index (Phi) is 5.35. The quantitative estimate of drug-likeness (QED) is 0.676. The number of benzene rings is 2. The molecule has 0 saturated carbocycles. The van der Waals surface area contributed by atoms with Crippen molar-refractivity contribution in [2.24, 2.45) is 0 Å². The average Bonchev–Trinajstić information content (AvgIpc) is 2.68. The van der Waals surface area contributed by atoms with Gasteiger partial charge in [-0.2, -0.15) is 0 Å². The first-order chi connectivity index (χ1) is 12.3. The van der Waals surface area contributed by atoms with Crippen molar-refractivity contribution < 1.29 is 5.11 Å². The summed E-state index contributed by atoms with van der Waals surface area (Å²) in [6.45, 7) is 7.65. The van der Waals surface area contributed by atoms with Crippen molar-refractivity contribution in [1.82, 2.24) is 9.97 Å². The van der Waals surface area contributed by atoms with E-state index in [0.29, 0.717) is 18.9 Å². The molecular formula is C20H18N4O. The Bertz CT molecular complexity index is 857. The molecule has 0 bridgehead atoms. The first-order valence-electron chi connectivity index (χ1n) is 7.98. The summed E-state index contributed by atoms with van der Waals surface area (Å²) in [6, 6.07) is 19.1. The lowest BCUT2D eigenvalue weighted by atomic mass is 10.1. The SMILES string of the molecule is [C-]#[N+]Cc1ccc(-c2cc(NC[C@H](O)c3ccccc3)ncn2)cc1. The zero-order valence-electron chi connectivity index (χ0n) is 13.6. The molecule has 0 fully saturated rings. The van der Waals surface area contributed by atoms with Crippen molar-refractivity contribution in [2.75, 3.05) is 11.9 Å². The topological polar surface area (TPSA) is 62.4 Å². The maximum Gasteiger partial charge on any atom is 0.239 e. The number of nitrogens with one attached hydrogen (secondary N) is 1. The normalized spacial score (nSPS) is 11.5. The van der Waals surface area contributed by atoms with Gasteiger partial charge in [0.05, 0.1) is 11.8 Å². The van der Waals surface area contributed by atoms with E-state index in [1.54, 1.807) is 0 Å². The monoisotopic (exact) mass is 330 g/mol. The van der Waals surface area contributed by atoms with E-state index in [0.717, 1.165) is 22.4 Å². The van der Waals surface area contributed by atoms with E-state index < -0.39 is 6.10 Å². The fourth-order valence-electron chi connectivity index (χ4n) is 2.48. The first kappa shape index (κ1) is 16.6. The van der Waals surface area contributed by atoms with Crippen LogP contribution in [0.1, 0.15) is 17.2 Å². The molecule has 1 aromatic heterocycles. The van der Waals surface area contributed by atoms with E-state index in [2.05, 4.69) is 20.1 Å². The summed E-state index contributed by atoms with van der Waals surface area (Å²) in [5.41, 5.74) is 3.60. The Morgan fingerprint density at radius 3 is 2.52 bits per heavy atom. The van der Waals surface area contributed by atoms with Gasteiger partial charge in [0.1, 0.15) is 12.1 Å². The average molecular weight is 330 g/mol. The molecule has 0 saturated heterocycles. The van der Waals surface area contributed by atoms with E-state index >= 15 is 0 Å². The number of anilines is 1. The molecule has 2 aromatic carbocycles. The van der Waals surface area contributed by atoms with Crippen molar-refractivity contribution in [3.05, 3.63) is 89.5 Å². The van der Waals surface area contributed by atoms with Crippen molar-refractivity contribution in [3.63, 3.8) is 0 Å². The molecular weight excluding hydrogens is 312 g/mol. The number of nitrogens with zero attached hydrogens (tertiary/aromatic N) is 3. The second-order valence-electron chi connectivity index (χ2n) is 5.61. The number of aromatic nitrogens is 2. The summed E-state index contributed by atoms with van der Waals surface area (Å²) >= 11 is 0. The van der Waals surface area contributed by atoms with E-state index in [1.165, 1.54) is 6.33 Å². The third-order valence-corrected chi connectivity index (χ3v) is 3.84. The van der Waals surface area contributed by atoms with Gasteiger partial charge in [-0.3, -0.25) is 0 Å². The molecule has 5 heteroatoms. The summed E-state index contributed by atoms with van der Waals surface area (Å²) < 4.78 is 0.